The first kappa shape index (κ1) is 29.5. The quantitative estimate of drug-likeness (QED) is 0.369. The zero-order chi connectivity index (χ0) is 24.8. The van der Waals surface area contributed by atoms with E-state index in [2.05, 4.69) is 0 Å². The Morgan fingerprint density at radius 2 is 0.774 bits per heavy atom. The summed E-state index contributed by atoms with van der Waals surface area (Å²) in [6.45, 7) is 14.9. The summed E-state index contributed by atoms with van der Waals surface area (Å²) in [5, 5.41) is 32.0. The van der Waals surface area contributed by atoms with Crippen LogP contribution < -0.4 is 0 Å². The lowest BCUT2D eigenvalue weighted by Gasteiger charge is -2.47. The Morgan fingerprint density at radius 3 is 0.903 bits per heavy atom. The van der Waals surface area contributed by atoms with E-state index in [-0.39, 0.29) is 38.9 Å². The van der Waals surface area contributed by atoms with Crippen LogP contribution in [0.15, 0.2) is 0 Å². The van der Waals surface area contributed by atoms with Crippen LogP contribution in [0.4, 0.5) is 0 Å². The summed E-state index contributed by atoms with van der Waals surface area (Å²) in [6, 6.07) is 0. The maximum absolute atomic E-state index is 13.3. The lowest BCUT2D eigenvalue weighted by molar-refractivity contribution is -0.151. The number of likely N-dealkylation sites (N-methyl/N-ethyl adjacent to an activating group) is 3. The van der Waals surface area contributed by atoms with Crippen LogP contribution in [0.3, 0.4) is 0 Å². The fourth-order valence-electron chi connectivity index (χ4n) is 3.12. The number of aliphatic hydroxyl groups is 3. The van der Waals surface area contributed by atoms with Crippen molar-refractivity contribution in [1.82, 2.24) is 13.7 Å². The van der Waals surface area contributed by atoms with Crippen molar-refractivity contribution in [3.8, 4) is 0 Å². The summed E-state index contributed by atoms with van der Waals surface area (Å²) in [4.78, 5) is 39.9. The van der Waals surface area contributed by atoms with Gasteiger partial charge in [0.15, 0.2) is 0 Å². The first-order valence-electron chi connectivity index (χ1n) is 11.2. The molecule has 31 heavy (non-hydrogen) atoms. The minimum atomic E-state index is -3.12. The molecule has 0 bridgehead atoms. The Hall–Kier alpha value is -1.49. The average molecular weight is 462 g/mol. The van der Waals surface area contributed by atoms with Gasteiger partial charge in [-0.3, -0.25) is 14.4 Å². The topological polar surface area (TPSA) is 122 Å². The lowest BCUT2D eigenvalue weighted by Crippen LogP contribution is -2.72. The Morgan fingerprint density at radius 1 is 0.581 bits per heavy atom. The molecule has 0 aromatic heterocycles. The second kappa shape index (κ2) is 11.4. The van der Waals surface area contributed by atoms with Gasteiger partial charge in [-0.25, -0.2) is 0 Å². The Labute approximate surface area is 188 Å². The highest BCUT2D eigenvalue weighted by molar-refractivity contribution is 6.59. The van der Waals surface area contributed by atoms with E-state index in [1.165, 1.54) is 34.5 Å². The van der Waals surface area contributed by atoms with Crippen LogP contribution >= 0.6 is 0 Å². The predicted molar refractivity (Wildman–Crippen MR) is 122 cm³/mol. The van der Waals surface area contributed by atoms with Crippen LogP contribution in [0.5, 0.6) is 0 Å². The van der Waals surface area contributed by atoms with E-state index < -0.39 is 43.8 Å². The van der Waals surface area contributed by atoms with Crippen LogP contribution in [0.2, 0.25) is 0 Å². The highest BCUT2D eigenvalue weighted by atomic mass is 28.3. The summed E-state index contributed by atoms with van der Waals surface area (Å²) in [7, 11) is -3.12. The van der Waals surface area contributed by atoms with Crippen molar-refractivity contribution in [3.63, 3.8) is 0 Å². The van der Waals surface area contributed by atoms with Gasteiger partial charge in [0.2, 0.25) is 17.7 Å². The van der Waals surface area contributed by atoms with Gasteiger partial charge < -0.3 is 29.0 Å². The summed E-state index contributed by atoms with van der Waals surface area (Å²) in [5.41, 5.74) is -5.02. The molecule has 0 rings (SSSR count). The molecular formula is C21H43N3O6Si. The van der Waals surface area contributed by atoms with E-state index in [1.807, 2.05) is 0 Å². The van der Waals surface area contributed by atoms with Crippen LogP contribution in [0.1, 0.15) is 81.6 Å². The third kappa shape index (κ3) is 6.50. The normalized spacial score (nSPS) is 18.2. The van der Waals surface area contributed by atoms with Gasteiger partial charge in [0.25, 0.3) is 0 Å². The molecule has 3 amide bonds. The molecule has 0 aliphatic carbocycles. The summed E-state index contributed by atoms with van der Waals surface area (Å²) < 4.78 is 4.18. The zero-order valence-corrected chi connectivity index (χ0v) is 21.9. The maximum atomic E-state index is 13.3. The largest absolute Gasteiger partial charge is 0.380 e. The SMILES string of the molecule is CCN(C(=O)C(C)(O)CC)[SiH](N(CC)C(=O)C(C)(O)CC)N(CC)C(=O)C(C)(O)CC. The van der Waals surface area contributed by atoms with Crippen LogP contribution in [-0.2, 0) is 14.4 Å². The van der Waals surface area contributed by atoms with Crippen molar-refractivity contribution in [2.45, 2.75) is 98.4 Å². The summed E-state index contributed by atoms with van der Waals surface area (Å²) >= 11 is 0. The molecule has 0 aromatic rings. The molecule has 3 N–H and O–H groups in total. The number of carbonyl (C=O) groups is 3. The van der Waals surface area contributed by atoms with Gasteiger partial charge >= 0.3 is 9.28 Å². The number of nitrogens with zero attached hydrogens (tertiary/aromatic N) is 3. The standard InChI is InChI=1S/C21H43N3O6Si/c1-10-19(7,28)16(25)22(13-4)31(23(14-5)17(26)20(8,29)11-2)24(15-6)18(27)21(9,30)12-3/h28-31H,10-15H2,1-9H3. The summed E-state index contributed by atoms with van der Waals surface area (Å²) in [6.07, 6.45) is 0.467. The van der Waals surface area contributed by atoms with Gasteiger partial charge in [-0.15, -0.1) is 0 Å². The molecule has 182 valence electrons. The lowest BCUT2D eigenvalue weighted by atomic mass is 10.0. The third-order valence-corrected chi connectivity index (χ3v) is 9.56. The number of hydrogen-bond donors (Lipinski definition) is 3. The molecule has 9 nitrogen and oxygen atoms in total. The predicted octanol–water partition coefficient (Wildman–Crippen LogP) is 0.732. The highest BCUT2D eigenvalue weighted by Gasteiger charge is 2.49. The first-order valence-corrected chi connectivity index (χ1v) is 12.8. The van der Waals surface area contributed by atoms with Crippen molar-refractivity contribution in [2.24, 2.45) is 0 Å². The molecule has 0 fully saturated rings. The van der Waals surface area contributed by atoms with E-state index in [0.717, 1.165) is 0 Å². The molecule has 0 aromatic carbocycles. The van der Waals surface area contributed by atoms with Gasteiger partial charge in [0, 0.05) is 19.6 Å². The van der Waals surface area contributed by atoms with Crippen LogP contribution in [0.25, 0.3) is 0 Å². The molecule has 0 heterocycles. The van der Waals surface area contributed by atoms with Crippen molar-refractivity contribution in [2.75, 3.05) is 19.6 Å². The molecule has 0 aliphatic heterocycles. The van der Waals surface area contributed by atoms with Crippen LogP contribution in [0, 0.1) is 0 Å². The second-order valence-electron chi connectivity index (χ2n) is 8.50. The van der Waals surface area contributed by atoms with Gasteiger partial charge in [0.05, 0.1) is 0 Å². The van der Waals surface area contributed by atoms with Gasteiger partial charge in [-0.05, 0) is 60.8 Å². The Balaban J connectivity index is 6.81. The Bertz CT molecular complexity index is 553. The molecule has 0 spiro atoms. The van der Waals surface area contributed by atoms with E-state index in [1.54, 1.807) is 41.5 Å². The number of rotatable bonds is 12. The average Bonchev–Trinajstić information content (AvgIpc) is 2.74. The van der Waals surface area contributed by atoms with Crippen molar-refractivity contribution < 1.29 is 29.7 Å². The van der Waals surface area contributed by atoms with Gasteiger partial charge in [-0.2, -0.15) is 0 Å². The molecule has 10 heteroatoms. The number of hydrogen-bond acceptors (Lipinski definition) is 6. The molecule has 3 unspecified atom stereocenters. The Kier molecular flexibility index (Phi) is 10.8. The fraction of sp³-hybridized carbons (Fsp3) is 0.857. The monoisotopic (exact) mass is 461 g/mol. The van der Waals surface area contributed by atoms with Crippen LogP contribution in [-0.4, -0.2) is 92.5 Å². The molecule has 0 saturated heterocycles. The van der Waals surface area contributed by atoms with E-state index in [0.29, 0.717) is 0 Å². The second-order valence-corrected chi connectivity index (χ2v) is 11.1. The van der Waals surface area contributed by atoms with E-state index in [9.17, 15) is 29.7 Å². The van der Waals surface area contributed by atoms with Crippen molar-refractivity contribution >= 4 is 27.0 Å². The maximum Gasteiger partial charge on any atom is 0.370 e. The molecule has 3 atom stereocenters. The molecule has 0 aliphatic rings. The van der Waals surface area contributed by atoms with E-state index >= 15 is 0 Å². The molecule has 0 radical (unpaired) electrons. The first-order chi connectivity index (χ1) is 14.1. The number of carbonyl (C=O) groups excluding carboxylic acids is 3. The van der Waals surface area contributed by atoms with Gasteiger partial charge in [0.1, 0.15) is 16.8 Å². The molecule has 0 saturated carbocycles. The molecular weight excluding hydrogens is 418 g/mol. The van der Waals surface area contributed by atoms with Crippen molar-refractivity contribution in [3.05, 3.63) is 0 Å². The summed E-state index contributed by atoms with van der Waals surface area (Å²) in [5.74, 6) is -1.75. The van der Waals surface area contributed by atoms with Crippen molar-refractivity contribution in [1.29, 1.82) is 0 Å². The smallest absolute Gasteiger partial charge is 0.370 e. The minimum Gasteiger partial charge on any atom is -0.380 e. The number of amides is 3. The van der Waals surface area contributed by atoms with E-state index in [4.69, 9.17) is 0 Å². The fourth-order valence-corrected chi connectivity index (χ4v) is 6.57. The van der Waals surface area contributed by atoms with Gasteiger partial charge in [-0.1, -0.05) is 20.8 Å². The highest BCUT2D eigenvalue weighted by Crippen LogP contribution is 2.23. The zero-order valence-electron chi connectivity index (χ0n) is 20.7. The third-order valence-electron chi connectivity index (χ3n) is 6.09. The minimum absolute atomic E-state index is 0.155.